The van der Waals surface area contributed by atoms with E-state index in [0.29, 0.717) is 11.1 Å². The molecule has 5 N–H and O–H groups in total. The Morgan fingerprint density at radius 2 is 1.73 bits per heavy atom. The Hall–Kier alpha value is -2.95. The number of benzene rings is 1. The fourth-order valence-electron chi connectivity index (χ4n) is 6.29. The molecule has 0 aromatic heterocycles. The van der Waals surface area contributed by atoms with Gasteiger partial charge in [0.15, 0.2) is 34.7 Å². The summed E-state index contributed by atoms with van der Waals surface area (Å²) in [7, 11) is 2.90. The van der Waals surface area contributed by atoms with E-state index in [-0.39, 0.29) is 11.3 Å². The number of nitrogens with zero attached hydrogens (tertiary/aromatic N) is 1. The number of aliphatic hydroxyl groups is 2. The van der Waals surface area contributed by atoms with Crippen LogP contribution in [0.15, 0.2) is 12.1 Å². The summed E-state index contributed by atoms with van der Waals surface area (Å²) in [5.41, 5.74) is 3.32. The van der Waals surface area contributed by atoms with Crippen LogP contribution in [-0.4, -0.2) is 81.1 Å². The molecule has 1 amide bonds. The van der Waals surface area contributed by atoms with Crippen molar-refractivity contribution < 1.29 is 39.3 Å². The zero-order valence-corrected chi connectivity index (χ0v) is 18.6. The van der Waals surface area contributed by atoms with Crippen molar-refractivity contribution in [2.75, 3.05) is 14.1 Å². The second-order valence-corrected chi connectivity index (χ2v) is 9.56. The molecule has 10 nitrogen and oxygen atoms in total. The van der Waals surface area contributed by atoms with Crippen LogP contribution in [0.1, 0.15) is 34.3 Å². The van der Waals surface area contributed by atoms with Gasteiger partial charge in [0.2, 0.25) is 5.91 Å². The highest BCUT2D eigenvalue weighted by molar-refractivity contribution is 6.32. The summed E-state index contributed by atoms with van der Waals surface area (Å²) in [6, 6.07) is 1.55. The Balaban J connectivity index is 1.98. The van der Waals surface area contributed by atoms with Crippen molar-refractivity contribution in [2.45, 2.75) is 37.5 Å². The summed E-state index contributed by atoms with van der Waals surface area (Å²) >= 11 is 0. The van der Waals surface area contributed by atoms with Gasteiger partial charge in [-0.05, 0) is 44.1 Å². The second-order valence-electron chi connectivity index (χ2n) is 9.56. The minimum absolute atomic E-state index is 0.0960. The maximum atomic E-state index is 13.7. The van der Waals surface area contributed by atoms with Crippen LogP contribution in [0, 0.1) is 30.6 Å². The number of aryl methyl sites for hydroxylation is 1. The first-order chi connectivity index (χ1) is 15.3. The minimum Gasteiger partial charge on any atom is -0.507 e. The van der Waals surface area contributed by atoms with Crippen LogP contribution in [0.3, 0.4) is 0 Å². The minimum atomic E-state index is -2.98. The Labute approximate surface area is 189 Å². The molecular formula is C23H26N2O8. The van der Waals surface area contributed by atoms with Gasteiger partial charge in [0.1, 0.15) is 5.75 Å². The van der Waals surface area contributed by atoms with Gasteiger partial charge in [-0.3, -0.25) is 28.9 Å². The van der Waals surface area contributed by atoms with Crippen LogP contribution in [0.25, 0.3) is 0 Å². The molecule has 8 atom stereocenters. The average molecular weight is 458 g/mol. The average Bonchev–Trinajstić information content (AvgIpc) is 2.72. The van der Waals surface area contributed by atoms with Crippen LogP contribution in [0.2, 0.25) is 0 Å². The fraction of sp³-hybridized carbons (Fsp3) is 0.522. The van der Waals surface area contributed by atoms with Crippen molar-refractivity contribution in [1.29, 1.82) is 0 Å². The standard InChI is InChI=1S/C23H26N2O8/c1-7-5-6-9(26)12-10(7)8(2)11-13(17(12)27)20(30)23(33)15(18(11)28)16(25(3)4)19(29)14(21(23)31)22(24)32/h5-6,8,11,13-16,18,26,28,33H,1-4H3,(H2,24,32)/t8-,11+,13?,14?,15+,16?,18-,23-/m0/s1. The molecular weight excluding hydrogens is 432 g/mol. The van der Waals surface area contributed by atoms with E-state index < -0.39 is 76.4 Å². The van der Waals surface area contributed by atoms with Gasteiger partial charge in [0.05, 0.1) is 29.5 Å². The first-order valence-corrected chi connectivity index (χ1v) is 10.6. The summed E-state index contributed by atoms with van der Waals surface area (Å²) in [4.78, 5) is 66.7. The van der Waals surface area contributed by atoms with E-state index in [1.54, 1.807) is 19.9 Å². The molecule has 0 radical (unpaired) electrons. The van der Waals surface area contributed by atoms with Gasteiger partial charge in [-0.25, -0.2) is 0 Å². The topological polar surface area (TPSA) is 175 Å². The monoisotopic (exact) mass is 458 g/mol. The number of carbonyl (C=O) groups is 5. The lowest BCUT2D eigenvalue weighted by Crippen LogP contribution is -2.77. The predicted octanol–water partition coefficient (Wildman–Crippen LogP) is -1.29. The highest BCUT2D eigenvalue weighted by atomic mass is 16.3. The molecule has 1 aromatic carbocycles. The number of hydrogen-bond acceptors (Lipinski definition) is 9. The molecule has 1 aromatic rings. The highest BCUT2D eigenvalue weighted by Gasteiger charge is 2.72. The number of carbonyl (C=O) groups excluding carboxylic acids is 5. The number of ketones is 4. The maximum absolute atomic E-state index is 13.7. The summed E-state index contributed by atoms with van der Waals surface area (Å²) in [5, 5.41) is 33.4. The highest BCUT2D eigenvalue weighted by Crippen LogP contribution is 2.54. The van der Waals surface area contributed by atoms with Crippen LogP contribution < -0.4 is 5.73 Å². The van der Waals surface area contributed by atoms with Crippen molar-refractivity contribution >= 4 is 29.0 Å². The van der Waals surface area contributed by atoms with Gasteiger partial charge in [-0.1, -0.05) is 13.0 Å². The molecule has 0 heterocycles. The number of phenolic OH excluding ortho intramolecular Hbond substituents is 1. The summed E-state index contributed by atoms with van der Waals surface area (Å²) in [5.74, 6) is -13.1. The third kappa shape index (κ3) is 2.74. The molecule has 2 saturated carbocycles. The number of hydrogen-bond donors (Lipinski definition) is 4. The number of amides is 1. The number of phenols is 1. The fourth-order valence-corrected chi connectivity index (χ4v) is 6.29. The van der Waals surface area contributed by atoms with Gasteiger partial charge >= 0.3 is 0 Å². The molecule has 4 rings (SSSR count). The lowest BCUT2D eigenvalue weighted by atomic mass is 9.49. The SMILES string of the molecule is Cc1ccc(O)c2c1[C@H](C)[C@@H]1C(C2=O)C(=O)[C@]2(O)C(=O)C(C(N)=O)C(=O)C(N(C)C)[C@@H]2[C@H]1O. The van der Waals surface area contributed by atoms with Crippen molar-refractivity contribution in [2.24, 2.45) is 29.4 Å². The van der Waals surface area contributed by atoms with Crippen molar-refractivity contribution in [3.63, 3.8) is 0 Å². The van der Waals surface area contributed by atoms with Crippen LogP contribution in [-0.2, 0) is 19.2 Å². The molecule has 0 saturated heterocycles. The maximum Gasteiger partial charge on any atom is 0.235 e. The van der Waals surface area contributed by atoms with E-state index in [9.17, 15) is 39.3 Å². The molecule has 0 aliphatic heterocycles. The molecule has 176 valence electrons. The Kier molecular flexibility index (Phi) is 5.12. The Morgan fingerprint density at radius 3 is 2.27 bits per heavy atom. The summed E-state index contributed by atoms with van der Waals surface area (Å²) < 4.78 is 0. The second kappa shape index (κ2) is 7.28. The molecule has 3 aliphatic carbocycles. The third-order valence-corrected chi connectivity index (χ3v) is 7.69. The number of aromatic hydroxyl groups is 1. The Bertz CT molecular complexity index is 1130. The zero-order valence-electron chi connectivity index (χ0n) is 18.6. The molecule has 2 fully saturated rings. The summed E-state index contributed by atoms with van der Waals surface area (Å²) in [6.07, 6.45) is -1.62. The lowest BCUT2D eigenvalue weighted by Gasteiger charge is -2.56. The molecule has 3 unspecified atom stereocenters. The van der Waals surface area contributed by atoms with Gasteiger partial charge in [0, 0.05) is 5.92 Å². The number of aliphatic hydroxyl groups excluding tert-OH is 1. The van der Waals surface area contributed by atoms with Gasteiger partial charge < -0.3 is 21.1 Å². The van der Waals surface area contributed by atoms with E-state index in [0.717, 1.165) is 0 Å². The number of nitrogens with two attached hydrogens (primary N) is 1. The van der Waals surface area contributed by atoms with Crippen molar-refractivity contribution in [3.05, 3.63) is 28.8 Å². The number of primary amides is 1. The van der Waals surface area contributed by atoms with E-state index in [1.807, 2.05) is 0 Å². The largest absolute Gasteiger partial charge is 0.507 e. The van der Waals surface area contributed by atoms with Gasteiger partial charge in [-0.2, -0.15) is 0 Å². The zero-order chi connectivity index (χ0) is 24.7. The number of rotatable bonds is 2. The smallest absolute Gasteiger partial charge is 0.235 e. The molecule has 3 aliphatic rings. The van der Waals surface area contributed by atoms with E-state index >= 15 is 0 Å². The van der Waals surface area contributed by atoms with Crippen LogP contribution in [0.5, 0.6) is 5.75 Å². The third-order valence-electron chi connectivity index (χ3n) is 7.69. The van der Waals surface area contributed by atoms with Crippen molar-refractivity contribution in [1.82, 2.24) is 4.90 Å². The normalized spacial score (nSPS) is 38.1. The first kappa shape index (κ1) is 23.2. The van der Waals surface area contributed by atoms with E-state index in [2.05, 4.69) is 0 Å². The van der Waals surface area contributed by atoms with E-state index in [4.69, 9.17) is 5.73 Å². The number of fused-ring (bicyclic) bond motifs is 3. The predicted molar refractivity (Wildman–Crippen MR) is 112 cm³/mol. The van der Waals surface area contributed by atoms with E-state index in [1.165, 1.54) is 25.1 Å². The van der Waals surface area contributed by atoms with Gasteiger partial charge in [-0.15, -0.1) is 0 Å². The van der Waals surface area contributed by atoms with Crippen LogP contribution >= 0.6 is 0 Å². The van der Waals surface area contributed by atoms with Crippen LogP contribution in [0.4, 0.5) is 0 Å². The molecule has 33 heavy (non-hydrogen) atoms. The quantitative estimate of drug-likeness (QED) is 0.393. The summed E-state index contributed by atoms with van der Waals surface area (Å²) in [6.45, 7) is 3.41. The number of Topliss-reactive ketones (excluding diaryl/α,β-unsaturated/α-hetero) is 4. The molecule has 0 bridgehead atoms. The number of likely N-dealkylation sites (N-methyl/N-ethyl adjacent to an activating group) is 1. The molecule has 0 spiro atoms. The van der Waals surface area contributed by atoms with Crippen molar-refractivity contribution in [3.8, 4) is 5.75 Å². The Morgan fingerprint density at radius 1 is 1.12 bits per heavy atom. The lowest BCUT2D eigenvalue weighted by molar-refractivity contribution is -0.196. The first-order valence-electron chi connectivity index (χ1n) is 10.6. The molecule has 10 heteroatoms. The van der Waals surface area contributed by atoms with Gasteiger partial charge in [0.25, 0.3) is 0 Å².